The summed E-state index contributed by atoms with van der Waals surface area (Å²) in [6.45, 7) is 2.21. The zero-order valence-electron chi connectivity index (χ0n) is 17.9. The first-order valence-corrected chi connectivity index (χ1v) is 12.2. The first-order valence-electron chi connectivity index (χ1n) is 11.0. The molecule has 0 saturated heterocycles. The maximum Gasteiger partial charge on any atom is 0.242 e. The van der Waals surface area contributed by atoms with E-state index >= 15 is 0 Å². The Hall–Kier alpha value is -1.85. The fourth-order valence-corrected chi connectivity index (χ4v) is 4.75. The predicted octanol–water partition coefficient (Wildman–Crippen LogP) is 5.90. The van der Waals surface area contributed by atoms with E-state index in [-0.39, 0.29) is 17.9 Å². The number of halogens is 2. The van der Waals surface area contributed by atoms with E-state index in [0.29, 0.717) is 24.4 Å². The first kappa shape index (κ1) is 23.8. The van der Waals surface area contributed by atoms with Crippen LogP contribution in [0.25, 0.3) is 0 Å². The summed E-state index contributed by atoms with van der Waals surface area (Å²) in [7, 11) is 0. The van der Waals surface area contributed by atoms with Gasteiger partial charge in [0.2, 0.25) is 11.8 Å². The van der Waals surface area contributed by atoms with Gasteiger partial charge in [0.15, 0.2) is 0 Å². The Morgan fingerprint density at radius 3 is 2.58 bits per heavy atom. The Kier molecular flexibility index (Phi) is 8.97. The Bertz CT molecular complexity index is 899. The van der Waals surface area contributed by atoms with E-state index in [1.165, 1.54) is 6.42 Å². The number of amides is 2. The molecule has 1 aliphatic rings. The minimum absolute atomic E-state index is 0.0498. The third-order valence-electron chi connectivity index (χ3n) is 5.93. The van der Waals surface area contributed by atoms with Crippen molar-refractivity contribution < 1.29 is 9.59 Å². The summed E-state index contributed by atoms with van der Waals surface area (Å²) in [6.07, 6.45) is 6.42. The van der Waals surface area contributed by atoms with E-state index in [1.54, 1.807) is 4.90 Å². The van der Waals surface area contributed by atoms with Crippen molar-refractivity contribution in [1.82, 2.24) is 10.2 Å². The lowest BCUT2D eigenvalue weighted by molar-refractivity contribution is -0.141. The van der Waals surface area contributed by atoms with E-state index in [2.05, 4.69) is 21.2 Å². The van der Waals surface area contributed by atoms with Gasteiger partial charge in [-0.3, -0.25) is 9.59 Å². The molecule has 1 aliphatic carbocycles. The number of hydrogen-bond donors (Lipinski definition) is 1. The molecule has 0 bridgehead atoms. The van der Waals surface area contributed by atoms with Crippen molar-refractivity contribution in [3.63, 3.8) is 0 Å². The number of carbonyl (C=O) groups is 2. The number of hydrogen-bond acceptors (Lipinski definition) is 2. The van der Waals surface area contributed by atoms with E-state index in [9.17, 15) is 9.59 Å². The third kappa shape index (κ3) is 7.08. The SMILES string of the molecule is C[C@@H](C(=O)NC1CCCCC1)N(Cc1cccc(Br)c1)C(=O)CCc1ccccc1Cl. The highest BCUT2D eigenvalue weighted by molar-refractivity contribution is 9.10. The zero-order chi connectivity index (χ0) is 22.2. The van der Waals surface area contributed by atoms with Crippen LogP contribution in [0.2, 0.25) is 5.02 Å². The van der Waals surface area contributed by atoms with Crippen LogP contribution in [0.1, 0.15) is 56.6 Å². The quantitative estimate of drug-likeness (QED) is 0.485. The van der Waals surface area contributed by atoms with Crippen LogP contribution in [-0.4, -0.2) is 28.8 Å². The Balaban J connectivity index is 1.71. The lowest BCUT2D eigenvalue weighted by Crippen LogP contribution is -2.50. The van der Waals surface area contributed by atoms with Crippen LogP contribution in [0.15, 0.2) is 53.0 Å². The molecule has 0 aromatic heterocycles. The molecule has 1 saturated carbocycles. The molecule has 1 atom stereocenters. The van der Waals surface area contributed by atoms with Crippen LogP contribution in [0.3, 0.4) is 0 Å². The molecule has 2 aromatic rings. The number of benzene rings is 2. The van der Waals surface area contributed by atoms with Crippen LogP contribution in [-0.2, 0) is 22.6 Å². The number of rotatable bonds is 8. The minimum Gasteiger partial charge on any atom is -0.352 e. The molecular formula is C25H30BrClN2O2. The van der Waals surface area contributed by atoms with Crippen molar-refractivity contribution in [2.45, 2.75) is 70.5 Å². The molecule has 6 heteroatoms. The van der Waals surface area contributed by atoms with Gasteiger partial charge in [-0.05, 0) is 55.5 Å². The van der Waals surface area contributed by atoms with Crippen molar-refractivity contribution in [3.05, 3.63) is 69.2 Å². The summed E-state index contributed by atoms with van der Waals surface area (Å²) in [5.74, 6) is -0.126. The second-order valence-corrected chi connectivity index (χ2v) is 9.59. The topological polar surface area (TPSA) is 49.4 Å². The smallest absolute Gasteiger partial charge is 0.242 e. The van der Waals surface area contributed by atoms with Crippen LogP contribution in [0, 0.1) is 0 Å². The van der Waals surface area contributed by atoms with Gasteiger partial charge in [-0.15, -0.1) is 0 Å². The minimum atomic E-state index is -0.542. The number of carbonyl (C=O) groups excluding carboxylic acids is 2. The van der Waals surface area contributed by atoms with E-state index < -0.39 is 6.04 Å². The predicted molar refractivity (Wildman–Crippen MR) is 129 cm³/mol. The van der Waals surface area contributed by atoms with Crippen molar-refractivity contribution in [2.75, 3.05) is 0 Å². The van der Waals surface area contributed by atoms with Gasteiger partial charge in [-0.1, -0.05) is 77.1 Å². The normalized spacial score (nSPS) is 15.3. The monoisotopic (exact) mass is 504 g/mol. The number of nitrogens with one attached hydrogen (secondary N) is 1. The van der Waals surface area contributed by atoms with Crippen LogP contribution in [0.5, 0.6) is 0 Å². The second kappa shape index (κ2) is 11.7. The lowest BCUT2D eigenvalue weighted by Gasteiger charge is -2.31. The van der Waals surface area contributed by atoms with E-state index in [1.807, 2.05) is 55.5 Å². The molecule has 31 heavy (non-hydrogen) atoms. The Morgan fingerprint density at radius 2 is 1.87 bits per heavy atom. The summed E-state index contributed by atoms with van der Waals surface area (Å²) in [4.78, 5) is 27.9. The van der Waals surface area contributed by atoms with E-state index in [4.69, 9.17) is 11.6 Å². The van der Waals surface area contributed by atoms with Gasteiger partial charge in [-0.2, -0.15) is 0 Å². The van der Waals surface area contributed by atoms with Crippen molar-refractivity contribution >= 4 is 39.3 Å². The van der Waals surface area contributed by atoms with Gasteiger partial charge < -0.3 is 10.2 Å². The summed E-state index contributed by atoms with van der Waals surface area (Å²) in [5.41, 5.74) is 1.93. The van der Waals surface area contributed by atoms with Crippen molar-refractivity contribution in [3.8, 4) is 0 Å². The maximum atomic E-state index is 13.2. The zero-order valence-corrected chi connectivity index (χ0v) is 20.3. The van der Waals surface area contributed by atoms with Crippen LogP contribution >= 0.6 is 27.5 Å². The summed E-state index contributed by atoms with van der Waals surface area (Å²) in [5, 5.41) is 3.83. The fraction of sp³-hybridized carbons (Fsp3) is 0.440. The molecule has 4 nitrogen and oxygen atoms in total. The van der Waals surface area contributed by atoms with Gasteiger partial charge >= 0.3 is 0 Å². The van der Waals surface area contributed by atoms with E-state index in [0.717, 1.165) is 41.3 Å². The molecule has 0 radical (unpaired) electrons. The molecular weight excluding hydrogens is 476 g/mol. The Morgan fingerprint density at radius 1 is 1.13 bits per heavy atom. The maximum absolute atomic E-state index is 13.2. The average Bonchev–Trinajstić information content (AvgIpc) is 2.77. The van der Waals surface area contributed by atoms with Crippen LogP contribution < -0.4 is 5.32 Å². The molecule has 0 aliphatic heterocycles. The molecule has 3 rings (SSSR count). The molecule has 2 aromatic carbocycles. The first-order chi connectivity index (χ1) is 14.9. The summed E-state index contributed by atoms with van der Waals surface area (Å²) in [6, 6.07) is 15.1. The van der Waals surface area contributed by atoms with Gasteiger partial charge in [0, 0.05) is 28.5 Å². The van der Waals surface area contributed by atoms with Gasteiger partial charge in [0.25, 0.3) is 0 Å². The molecule has 1 N–H and O–H groups in total. The highest BCUT2D eigenvalue weighted by Crippen LogP contribution is 2.21. The number of nitrogens with zero attached hydrogens (tertiary/aromatic N) is 1. The molecule has 2 amide bonds. The Labute approximate surface area is 198 Å². The standard InChI is InChI=1S/C25H30BrClN2O2/c1-18(25(31)28-22-11-3-2-4-12-22)29(17-19-8-7-10-21(26)16-19)24(30)15-14-20-9-5-6-13-23(20)27/h5-10,13,16,18,22H,2-4,11-12,14-15,17H2,1H3,(H,28,31)/t18-/m0/s1. The highest BCUT2D eigenvalue weighted by Gasteiger charge is 2.28. The van der Waals surface area contributed by atoms with Crippen LogP contribution in [0.4, 0.5) is 0 Å². The van der Waals surface area contributed by atoms with Crippen molar-refractivity contribution in [2.24, 2.45) is 0 Å². The fourth-order valence-electron chi connectivity index (χ4n) is 4.07. The lowest BCUT2D eigenvalue weighted by atomic mass is 9.95. The third-order valence-corrected chi connectivity index (χ3v) is 6.79. The second-order valence-electron chi connectivity index (χ2n) is 8.26. The highest BCUT2D eigenvalue weighted by atomic mass is 79.9. The largest absolute Gasteiger partial charge is 0.352 e. The summed E-state index contributed by atoms with van der Waals surface area (Å²) >= 11 is 9.75. The average molecular weight is 506 g/mol. The molecule has 0 unspecified atom stereocenters. The van der Waals surface area contributed by atoms with Crippen molar-refractivity contribution in [1.29, 1.82) is 0 Å². The van der Waals surface area contributed by atoms with Gasteiger partial charge in [0.05, 0.1) is 0 Å². The van der Waals surface area contributed by atoms with Gasteiger partial charge in [-0.25, -0.2) is 0 Å². The summed E-state index contributed by atoms with van der Waals surface area (Å²) < 4.78 is 0.952. The van der Waals surface area contributed by atoms with Gasteiger partial charge in [0.1, 0.15) is 6.04 Å². The molecule has 1 fully saturated rings. The number of aryl methyl sites for hydroxylation is 1. The molecule has 0 spiro atoms. The molecule has 166 valence electrons. The molecule has 0 heterocycles.